The molecule has 0 spiro atoms. The van der Waals surface area contributed by atoms with Gasteiger partial charge in [0.05, 0.1) is 0 Å². The molecule has 0 saturated heterocycles. The Labute approximate surface area is 97.6 Å². The standard InChI is InChI=1S/C10H15N5O2/c1-6-12-8(17-5-10(2,3)11)4-7-13-14-9(16)15(6)7/h4H,5,11H2,1-3H3,(H,14,16). The van der Waals surface area contributed by atoms with Gasteiger partial charge in [-0.3, -0.25) is 0 Å². The molecule has 0 saturated carbocycles. The Morgan fingerprint density at radius 2 is 2.29 bits per heavy atom. The van der Waals surface area contributed by atoms with Crippen LogP contribution in [0.4, 0.5) is 0 Å². The molecule has 0 fully saturated rings. The van der Waals surface area contributed by atoms with E-state index >= 15 is 0 Å². The number of aryl methyl sites for hydroxylation is 1. The molecule has 2 rings (SSSR count). The predicted octanol–water partition coefficient (Wildman–Crippen LogP) is -0.158. The predicted molar refractivity (Wildman–Crippen MR) is 62.1 cm³/mol. The van der Waals surface area contributed by atoms with Crippen molar-refractivity contribution in [2.45, 2.75) is 26.3 Å². The van der Waals surface area contributed by atoms with Gasteiger partial charge in [-0.1, -0.05) is 0 Å². The van der Waals surface area contributed by atoms with E-state index in [0.29, 0.717) is 24.0 Å². The van der Waals surface area contributed by atoms with E-state index in [0.717, 1.165) is 0 Å². The van der Waals surface area contributed by atoms with Crippen LogP contribution in [0.15, 0.2) is 10.9 Å². The van der Waals surface area contributed by atoms with Crippen LogP contribution in [0.25, 0.3) is 5.65 Å². The Kier molecular flexibility index (Phi) is 2.62. The van der Waals surface area contributed by atoms with Crippen LogP contribution in [0.5, 0.6) is 5.88 Å². The molecule has 3 N–H and O–H groups in total. The molecule has 17 heavy (non-hydrogen) atoms. The average molecular weight is 237 g/mol. The van der Waals surface area contributed by atoms with Crippen LogP contribution >= 0.6 is 0 Å². The molecule has 7 nitrogen and oxygen atoms in total. The number of ether oxygens (including phenoxy) is 1. The summed E-state index contributed by atoms with van der Waals surface area (Å²) < 4.78 is 6.84. The molecule has 0 aliphatic rings. The van der Waals surface area contributed by atoms with Crippen LogP contribution in [0, 0.1) is 6.92 Å². The lowest BCUT2D eigenvalue weighted by Gasteiger charge is -2.18. The second kappa shape index (κ2) is 3.85. The zero-order valence-corrected chi connectivity index (χ0v) is 10.0. The van der Waals surface area contributed by atoms with Gasteiger partial charge in [-0.2, -0.15) is 10.1 Å². The molecule has 0 aliphatic carbocycles. The molecule has 0 radical (unpaired) electrons. The van der Waals surface area contributed by atoms with Crippen molar-refractivity contribution < 1.29 is 4.74 Å². The summed E-state index contributed by atoms with van der Waals surface area (Å²) in [4.78, 5) is 15.5. The number of hydrogen-bond donors (Lipinski definition) is 2. The van der Waals surface area contributed by atoms with Gasteiger partial charge in [-0.15, -0.1) is 0 Å². The van der Waals surface area contributed by atoms with E-state index in [2.05, 4.69) is 15.2 Å². The zero-order valence-electron chi connectivity index (χ0n) is 10.0. The monoisotopic (exact) mass is 237 g/mol. The normalized spacial score (nSPS) is 12.0. The first-order valence-corrected chi connectivity index (χ1v) is 5.23. The highest BCUT2D eigenvalue weighted by atomic mass is 16.5. The number of nitrogens with zero attached hydrogens (tertiary/aromatic N) is 3. The number of nitrogens with one attached hydrogen (secondary N) is 1. The molecule has 92 valence electrons. The minimum atomic E-state index is -0.438. The highest BCUT2D eigenvalue weighted by Gasteiger charge is 2.13. The van der Waals surface area contributed by atoms with Crippen molar-refractivity contribution in [1.82, 2.24) is 19.6 Å². The Balaban J connectivity index is 2.34. The zero-order chi connectivity index (χ0) is 12.6. The third-order valence-electron chi connectivity index (χ3n) is 2.14. The van der Waals surface area contributed by atoms with E-state index in [1.807, 2.05) is 13.8 Å². The molecule has 0 aliphatic heterocycles. The van der Waals surface area contributed by atoms with Gasteiger partial charge in [-0.05, 0) is 20.8 Å². The van der Waals surface area contributed by atoms with Crippen molar-refractivity contribution in [3.63, 3.8) is 0 Å². The van der Waals surface area contributed by atoms with Crippen molar-refractivity contribution in [2.75, 3.05) is 6.61 Å². The summed E-state index contributed by atoms with van der Waals surface area (Å²) in [5.41, 5.74) is 5.54. The lowest BCUT2D eigenvalue weighted by molar-refractivity contribution is 0.234. The third-order valence-corrected chi connectivity index (χ3v) is 2.14. The van der Waals surface area contributed by atoms with E-state index < -0.39 is 5.54 Å². The fraction of sp³-hybridized carbons (Fsp3) is 0.500. The molecule has 2 aromatic rings. The number of nitrogens with two attached hydrogens (primary N) is 1. The molecular formula is C10H15N5O2. The van der Waals surface area contributed by atoms with Gasteiger partial charge in [0.2, 0.25) is 5.88 Å². The lowest BCUT2D eigenvalue weighted by atomic mass is 10.1. The van der Waals surface area contributed by atoms with Gasteiger partial charge in [0.1, 0.15) is 12.4 Å². The summed E-state index contributed by atoms with van der Waals surface area (Å²) in [6.07, 6.45) is 0. The lowest BCUT2D eigenvalue weighted by Crippen LogP contribution is -2.38. The van der Waals surface area contributed by atoms with Crippen molar-refractivity contribution in [3.8, 4) is 5.88 Å². The minimum Gasteiger partial charge on any atom is -0.476 e. The first-order chi connectivity index (χ1) is 7.87. The van der Waals surface area contributed by atoms with Gasteiger partial charge in [-0.25, -0.2) is 14.3 Å². The number of aromatic nitrogens is 4. The summed E-state index contributed by atoms with van der Waals surface area (Å²) in [6, 6.07) is 1.59. The van der Waals surface area contributed by atoms with Crippen LogP contribution < -0.4 is 16.2 Å². The second-order valence-corrected chi connectivity index (χ2v) is 4.64. The highest BCUT2D eigenvalue weighted by Crippen LogP contribution is 2.11. The molecular weight excluding hydrogens is 222 g/mol. The minimum absolute atomic E-state index is 0.310. The first-order valence-electron chi connectivity index (χ1n) is 5.23. The summed E-state index contributed by atoms with van der Waals surface area (Å²) in [6.45, 7) is 5.77. The number of rotatable bonds is 3. The van der Waals surface area contributed by atoms with E-state index in [1.54, 1.807) is 13.0 Å². The summed E-state index contributed by atoms with van der Waals surface area (Å²) in [7, 11) is 0. The molecule has 0 amide bonds. The van der Waals surface area contributed by atoms with Gasteiger partial charge >= 0.3 is 5.69 Å². The Morgan fingerprint density at radius 3 is 2.94 bits per heavy atom. The average Bonchev–Trinajstić information content (AvgIpc) is 2.57. The maximum atomic E-state index is 11.4. The van der Waals surface area contributed by atoms with Gasteiger partial charge in [0.15, 0.2) is 5.65 Å². The molecule has 2 heterocycles. The van der Waals surface area contributed by atoms with E-state index in [4.69, 9.17) is 10.5 Å². The molecule has 0 bridgehead atoms. The highest BCUT2D eigenvalue weighted by molar-refractivity contribution is 5.40. The van der Waals surface area contributed by atoms with Crippen LogP contribution in [0.1, 0.15) is 19.7 Å². The molecule has 0 aromatic carbocycles. The molecule has 0 unspecified atom stereocenters. The van der Waals surface area contributed by atoms with Crippen LogP contribution in [-0.4, -0.2) is 31.7 Å². The first kappa shape index (κ1) is 11.6. The Bertz CT molecular complexity index is 593. The smallest absolute Gasteiger partial charge is 0.349 e. The van der Waals surface area contributed by atoms with Gasteiger partial charge in [0, 0.05) is 11.6 Å². The number of hydrogen-bond acceptors (Lipinski definition) is 5. The number of fused-ring (bicyclic) bond motifs is 1. The van der Waals surface area contributed by atoms with Crippen LogP contribution in [0.3, 0.4) is 0 Å². The van der Waals surface area contributed by atoms with E-state index in [9.17, 15) is 4.79 Å². The van der Waals surface area contributed by atoms with Crippen molar-refractivity contribution in [3.05, 3.63) is 22.4 Å². The fourth-order valence-corrected chi connectivity index (χ4v) is 1.40. The summed E-state index contributed by atoms with van der Waals surface area (Å²) >= 11 is 0. The third kappa shape index (κ3) is 2.44. The number of aromatic amines is 1. The summed E-state index contributed by atoms with van der Waals surface area (Å²) in [5.74, 6) is 0.929. The topological polar surface area (TPSA) is 98.3 Å². The van der Waals surface area contributed by atoms with Crippen molar-refractivity contribution in [1.29, 1.82) is 0 Å². The maximum Gasteiger partial charge on any atom is 0.349 e. The van der Waals surface area contributed by atoms with Crippen LogP contribution in [0.2, 0.25) is 0 Å². The fourth-order valence-electron chi connectivity index (χ4n) is 1.40. The maximum absolute atomic E-state index is 11.4. The summed E-state index contributed by atoms with van der Waals surface area (Å²) in [5, 5.41) is 6.21. The van der Waals surface area contributed by atoms with E-state index in [1.165, 1.54) is 4.40 Å². The van der Waals surface area contributed by atoms with Gasteiger partial charge < -0.3 is 10.5 Å². The Hall–Kier alpha value is -1.89. The molecule has 2 aromatic heterocycles. The second-order valence-electron chi connectivity index (χ2n) is 4.64. The SMILES string of the molecule is Cc1nc(OCC(C)(C)N)cc2n[nH]c(=O)n12. The quantitative estimate of drug-likeness (QED) is 0.773. The van der Waals surface area contributed by atoms with Crippen LogP contribution in [-0.2, 0) is 0 Å². The largest absolute Gasteiger partial charge is 0.476 e. The van der Waals surface area contributed by atoms with Gasteiger partial charge in [0.25, 0.3) is 0 Å². The molecule has 0 atom stereocenters. The number of H-pyrrole nitrogens is 1. The Morgan fingerprint density at radius 1 is 1.59 bits per heavy atom. The van der Waals surface area contributed by atoms with Crippen molar-refractivity contribution in [2.24, 2.45) is 5.73 Å². The van der Waals surface area contributed by atoms with Crippen molar-refractivity contribution >= 4 is 5.65 Å². The van der Waals surface area contributed by atoms with E-state index in [-0.39, 0.29) is 5.69 Å². The molecule has 7 heteroatoms.